The van der Waals surface area contributed by atoms with Crippen molar-refractivity contribution in [2.45, 2.75) is 26.2 Å². The molecule has 1 amide bonds. The highest BCUT2D eigenvalue weighted by molar-refractivity contribution is 9.10. The Kier molecular flexibility index (Phi) is 5.40. The SMILES string of the molecule is Cc1cc(CCCC(=O)N2CCNCC2)ccc1Br. The molecule has 0 aliphatic carbocycles. The van der Waals surface area contributed by atoms with Gasteiger partial charge in [-0.3, -0.25) is 4.79 Å². The summed E-state index contributed by atoms with van der Waals surface area (Å²) in [7, 11) is 0. The van der Waals surface area contributed by atoms with Crippen molar-refractivity contribution in [1.29, 1.82) is 0 Å². The molecule has 0 spiro atoms. The van der Waals surface area contributed by atoms with E-state index >= 15 is 0 Å². The fraction of sp³-hybridized carbons (Fsp3) is 0.533. The summed E-state index contributed by atoms with van der Waals surface area (Å²) in [5.74, 6) is 0.301. The summed E-state index contributed by atoms with van der Waals surface area (Å²) in [6.45, 7) is 5.67. The Morgan fingerprint density at radius 2 is 2.11 bits per heavy atom. The molecule has 0 aromatic heterocycles. The summed E-state index contributed by atoms with van der Waals surface area (Å²) >= 11 is 3.51. The Balaban J connectivity index is 1.76. The van der Waals surface area contributed by atoms with E-state index in [1.54, 1.807) is 0 Å². The highest BCUT2D eigenvalue weighted by Gasteiger charge is 2.15. The number of rotatable bonds is 4. The number of carbonyl (C=O) groups is 1. The van der Waals surface area contributed by atoms with Crippen molar-refractivity contribution in [2.24, 2.45) is 0 Å². The fourth-order valence-corrected chi connectivity index (χ4v) is 2.63. The molecular formula is C15H21BrN2O. The van der Waals surface area contributed by atoms with Crippen LogP contribution in [0.4, 0.5) is 0 Å². The molecule has 0 bridgehead atoms. The lowest BCUT2D eigenvalue weighted by Crippen LogP contribution is -2.46. The first-order valence-corrected chi connectivity index (χ1v) is 7.69. The molecule has 0 unspecified atom stereocenters. The zero-order valence-corrected chi connectivity index (χ0v) is 13.0. The number of hydrogen-bond acceptors (Lipinski definition) is 2. The van der Waals surface area contributed by atoms with Crippen LogP contribution in [0.2, 0.25) is 0 Å². The first-order chi connectivity index (χ1) is 9.16. The smallest absolute Gasteiger partial charge is 0.222 e. The van der Waals surface area contributed by atoms with Crippen LogP contribution in [0, 0.1) is 6.92 Å². The number of nitrogens with zero attached hydrogens (tertiary/aromatic N) is 1. The number of aryl methyl sites for hydroxylation is 2. The van der Waals surface area contributed by atoms with Crippen molar-refractivity contribution in [3.63, 3.8) is 0 Å². The zero-order valence-electron chi connectivity index (χ0n) is 11.4. The maximum atomic E-state index is 12.0. The molecular weight excluding hydrogens is 304 g/mol. The van der Waals surface area contributed by atoms with Gasteiger partial charge in [0.2, 0.25) is 5.91 Å². The van der Waals surface area contributed by atoms with Crippen molar-refractivity contribution >= 4 is 21.8 Å². The van der Waals surface area contributed by atoms with Gasteiger partial charge in [-0.1, -0.05) is 28.1 Å². The molecule has 0 radical (unpaired) electrons. The number of amides is 1. The lowest BCUT2D eigenvalue weighted by Gasteiger charge is -2.27. The molecule has 3 nitrogen and oxygen atoms in total. The van der Waals surface area contributed by atoms with Crippen LogP contribution >= 0.6 is 15.9 Å². The van der Waals surface area contributed by atoms with E-state index in [1.807, 2.05) is 4.90 Å². The zero-order chi connectivity index (χ0) is 13.7. The van der Waals surface area contributed by atoms with Crippen LogP contribution in [-0.4, -0.2) is 37.0 Å². The van der Waals surface area contributed by atoms with E-state index in [0.717, 1.165) is 43.5 Å². The molecule has 2 rings (SSSR count). The van der Waals surface area contributed by atoms with Crippen LogP contribution in [0.25, 0.3) is 0 Å². The summed E-state index contributed by atoms with van der Waals surface area (Å²) in [6, 6.07) is 6.41. The second kappa shape index (κ2) is 7.06. The Labute approximate surface area is 123 Å². The topological polar surface area (TPSA) is 32.3 Å². The van der Waals surface area contributed by atoms with Gasteiger partial charge < -0.3 is 10.2 Å². The lowest BCUT2D eigenvalue weighted by atomic mass is 10.1. The molecule has 1 heterocycles. The van der Waals surface area contributed by atoms with Gasteiger partial charge in [-0.25, -0.2) is 0 Å². The molecule has 104 valence electrons. The molecule has 1 N–H and O–H groups in total. The van der Waals surface area contributed by atoms with E-state index in [4.69, 9.17) is 0 Å². The Morgan fingerprint density at radius 1 is 1.37 bits per heavy atom. The van der Waals surface area contributed by atoms with Crippen LogP contribution in [-0.2, 0) is 11.2 Å². The quantitative estimate of drug-likeness (QED) is 0.923. The van der Waals surface area contributed by atoms with Gasteiger partial charge in [0.15, 0.2) is 0 Å². The monoisotopic (exact) mass is 324 g/mol. The number of benzene rings is 1. The molecule has 1 fully saturated rings. The van der Waals surface area contributed by atoms with Crippen molar-refractivity contribution in [3.8, 4) is 0 Å². The molecule has 1 saturated heterocycles. The van der Waals surface area contributed by atoms with Gasteiger partial charge in [-0.2, -0.15) is 0 Å². The minimum absolute atomic E-state index is 0.301. The summed E-state index contributed by atoms with van der Waals surface area (Å²) in [4.78, 5) is 14.0. The van der Waals surface area contributed by atoms with Crippen LogP contribution in [0.3, 0.4) is 0 Å². The third-order valence-electron chi connectivity index (χ3n) is 3.55. The van der Waals surface area contributed by atoms with Gasteiger partial charge in [0, 0.05) is 37.1 Å². The molecule has 4 heteroatoms. The van der Waals surface area contributed by atoms with Crippen LogP contribution in [0.5, 0.6) is 0 Å². The number of piperazine rings is 1. The van der Waals surface area contributed by atoms with E-state index in [2.05, 4.69) is 46.4 Å². The van der Waals surface area contributed by atoms with Gasteiger partial charge >= 0.3 is 0 Å². The second-order valence-electron chi connectivity index (χ2n) is 5.07. The largest absolute Gasteiger partial charge is 0.340 e. The first kappa shape index (κ1) is 14.5. The number of carbonyl (C=O) groups excluding carboxylic acids is 1. The molecule has 1 aliphatic heterocycles. The Bertz CT molecular complexity index is 442. The van der Waals surface area contributed by atoms with E-state index in [1.165, 1.54) is 11.1 Å². The highest BCUT2D eigenvalue weighted by atomic mass is 79.9. The summed E-state index contributed by atoms with van der Waals surface area (Å²) < 4.78 is 1.15. The van der Waals surface area contributed by atoms with E-state index in [9.17, 15) is 4.79 Å². The van der Waals surface area contributed by atoms with Crippen LogP contribution < -0.4 is 5.32 Å². The average molecular weight is 325 g/mol. The van der Waals surface area contributed by atoms with Crippen LogP contribution in [0.15, 0.2) is 22.7 Å². The van der Waals surface area contributed by atoms with Crippen molar-refractivity contribution in [3.05, 3.63) is 33.8 Å². The maximum Gasteiger partial charge on any atom is 0.222 e. The van der Waals surface area contributed by atoms with Gasteiger partial charge in [-0.15, -0.1) is 0 Å². The number of halogens is 1. The van der Waals surface area contributed by atoms with Crippen molar-refractivity contribution in [2.75, 3.05) is 26.2 Å². The average Bonchev–Trinajstić information content (AvgIpc) is 2.43. The normalized spacial score (nSPS) is 15.6. The fourth-order valence-electron chi connectivity index (χ4n) is 2.38. The number of hydrogen-bond donors (Lipinski definition) is 1. The van der Waals surface area contributed by atoms with Gasteiger partial charge in [0.05, 0.1) is 0 Å². The minimum atomic E-state index is 0.301. The van der Waals surface area contributed by atoms with Crippen LogP contribution in [0.1, 0.15) is 24.0 Å². The molecule has 1 aliphatic rings. The predicted molar refractivity (Wildman–Crippen MR) is 81.3 cm³/mol. The predicted octanol–water partition coefficient (Wildman–Crippen LogP) is 2.51. The number of nitrogens with one attached hydrogen (secondary N) is 1. The molecule has 1 aromatic carbocycles. The van der Waals surface area contributed by atoms with E-state index in [0.29, 0.717) is 12.3 Å². The summed E-state index contributed by atoms with van der Waals surface area (Å²) in [5, 5.41) is 3.26. The van der Waals surface area contributed by atoms with Gasteiger partial charge in [0.25, 0.3) is 0 Å². The minimum Gasteiger partial charge on any atom is -0.340 e. The molecule has 0 saturated carbocycles. The Morgan fingerprint density at radius 3 is 2.79 bits per heavy atom. The third-order valence-corrected chi connectivity index (χ3v) is 4.44. The first-order valence-electron chi connectivity index (χ1n) is 6.90. The summed E-state index contributed by atoms with van der Waals surface area (Å²) in [5.41, 5.74) is 2.57. The van der Waals surface area contributed by atoms with Gasteiger partial charge in [0.1, 0.15) is 0 Å². The van der Waals surface area contributed by atoms with E-state index in [-0.39, 0.29) is 0 Å². The van der Waals surface area contributed by atoms with Crippen molar-refractivity contribution in [1.82, 2.24) is 10.2 Å². The third kappa shape index (κ3) is 4.32. The second-order valence-corrected chi connectivity index (χ2v) is 5.92. The lowest BCUT2D eigenvalue weighted by molar-refractivity contribution is -0.131. The van der Waals surface area contributed by atoms with E-state index < -0.39 is 0 Å². The summed E-state index contributed by atoms with van der Waals surface area (Å²) in [6.07, 6.45) is 2.57. The van der Waals surface area contributed by atoms with Gasteiger partial charge in [-0.05, 0) is 37.0 Å². The highest BCUT2D eigenvalue weighted by Crippen LogP contribution is 2.18. The standard InChI is InChI=1S/C15H21BrN2O/c1-12-11-13(5-6-14(12)16)3-2-4-15(19)18-9-7-17-8-10-18/h5-6,11,17H,2-4,7-10H2,1H3. The molecule has 0 atom stereocenters. The van der Waals surface area contributed by atoms with Crippen molar-refractivity contribution < 1.29 is 4.79 Å². The maximum absolute atomic E-state index is 12.0. The molecule has 19 heavy (non-hydrogen) atoms. The molecule has 1 aromatic rings. The Hall–Kier alpha value is -0.870.